The molecule has 0 aromatic carbocycles. The van der Waals surface area contributed by atoms with Crippen molar-refractivity contribution in [2.75, 3.05) is 72.2 Å². The number of nitrogens with zero attached hydrogens (tertiary/aromatic N) is 5. The van der Waals surface area contributed by atoms with Crippen LogP contribution in [0.2, 0.25) is 0 Å². The van der Waals surface area contributed by atoms with Gasteiger partial charge < -0.3 is 19.4 Å². The van der Waals surface area contributed by atoms with Crippen LogP contribution in [0.15, 0.2) is 29.2 Å². The first-order chi connectivity index (χ1) is 18.0. The van der Waals surface area contributed by atoms with E-state index >= 15 is 0 Å². The lowest BCUT2D eigenvalue weighted by Gasteiger charge is -2.27. The van der Waals surface area contributed by atoms with Crippen molar-refractivity contribution in [2.24, 2.45) is 0 Å². The maximum atomic E-state index is 13.5. The SMILES string of the molecule is Cc1cccn2c(=O)c3cc(C(=O)NCCCN4CCOCC4)c(=N)n(CCN4CCOCC4)c3nc12. The Morgan fingerprint density at radius 3 is 2.41 bits per heavy atom. The van der Waals surface area contributed by atoms with E-state index in [1.807, 2.05) is 19.1 Å². The molecule has 37 heavy (non-hydrogen) atoms. The molecule has 5 rings (SSSR count). The van der Waals surface area contributed by atoms with Crippen LogP contribution in [0.25, 0.3) is 16.7 Å². The Morgan fingerprint density at radius 1 is 1.03 bits per heavy atom. The van der Waals surface area contributed by atoms with Gasteiger partial charge in [-0.15, -0.1) is 0 Å². The van der Waals surface area contributed by atoms with Crippen LogP contribution in [0.1, 0.15) is 22.3 Å². The van der Waals surface area contributed by atoms with Crippen molar-refractivity contribution in [2.45, 2.75) is 19.9 Å². The average Bonchev–Trinajstić information content (AvgIpc) is 2.92. The van der Waals surface area contributed by atoms with Crippen molar-refractivity contribution in [3.63, 3.8) is 0 Å². The summed E-state index contributed by atoms with van der Waals surface area (Å²) in [7, 11) is 0. The van der Waals surface area contributed by atoms with Gasteiger partial charge >= 0.3 is 0 Å². The summed E-state index contributed by atoms with van der Waals surface area (Å²) in [6.45, 7) is 10.7. The molecule has 0 spiro atoms. The molecule has 2 aliphatic heterocycles. The zero-order valence-electron chi connectivity index (χ0n) is 21.4. The molecule has 2 aliphatic rings. The van der Waals surface area contributed by atoms with Crippen molar-refractivity contribution >= 4 is 22.6 Å². The lowest BCUT2D eigenvalue weighted by atomic mass is 10.2. The number of nitrogens with one attached hydrogen (secondary N) is 2. The fourth-order valence-electron chi connectivity index (χ4n) is 4.98. The lowest BCUT2D eigenvalue weighted by Crippen LogP contribution is -2.41. The highest BCUT2D eigenvalue weighted by Crippen LogP contribution is 2.13. The van der Waals surface area contributed by atoms with E-state index in [4.69, 9.17) is 19.9 Å². The minimum Gasteiger partial charge on any atom is -0.379 e. The molecule has 3 aromatic rings. The van der Waals surface area contributed by atoms with E-state index in [1.165, 1.54) is 10.5 Å². The molecule has 198 valence electrons. The summed E-state index contributed by atoms with van der Waals surface area (Å²) < 4.78 is 14.1. The molecule has 0 unspecified atom stereocenters. The summed E-state index contributed by atoms with van der Waals surface area (Å²) in [5, 5.41) is 12.2. The summed E-state index contributed by atoms with van der Waals surface area (Å²) in [6.07, 6.45) is 2.49. The number of aromatic nitrogens is 3. The quantitative estimate of drug-likeness (QED) is 0.330. The van der Waals surface area contributed by atoms with Gasteiger partial charge in [0.25, 0.3) is 11.5 Å². The molecule has 11 heteroatoms. The lowest BCUT2D eigenvalue weighted by molar-refractivity contribution is 0.0363. The van der Waals surface area contributed by atoms with Gasteiger partial charge in [0.05, 0.1) is 37.4 Å². The second-order valence-electron chi connectivity index (χ2n) is 9.61. The maximum absolute atomic E-state index is 13.5. The topological polar surface area (TPSA) is 117 Å². The van der Waals surface area contributed by atoms with E-state index in [0.717, 1.165) is 57.9 Å². The van der Waals surface area contributed by atoms with Crippen LogP contribution in [0, 0.1) is 12.3 Å². The molecule has 0 atom stereocenters. The van der Waals surface area contributed by atoms with Crippen LogP contribution in [-0.4, -0.2) is 102 Å². The van der Waals surface area contributed by atoms with Crippen molar-refractivity contribution in [1.29, 1.82) is 5.41 Å². The number of amides is 1. The summed E-state index contributed by atoms with van der Waals surface area (Å²) in [4.78, 5) is 36.1. The standard InChI is InChI=1S/C26H35N7O4/c1-19-4-2-7-33-23(19)29-24-21(26(33)35)18-20(22(27)32(24)9-8-31-12-16-37-17-13-31)25(34)28-5-3-6-30-10-14-36-15-11-30/h2,4,7,18,27H,3,5-6,8-17H2,1H3,(H,28,34). The molecule has 1 amide bonds. The summed E-state index contributed by atoms with van der Waals surface area (Å²) in [5.41, 5.74) is 1.87. The third-order valence-corrected chi connectivity index (χ3v) is 7.16. The van der Waals surface area contributed by atoms with E-state index in [2.05, 4.69) is 15.1 Å². The van der Waals surface area contributed by atoms with Gasteiger partial charge in [0.15, 0.2) is 0 Å². The van der Waals surface area contributed by atoms with Crippen LogP contribution in [-0.2, 0) is 16.0 Å². The number of aryl methyl sites for hydroxylation is 1. The number of hydrogen-bond donors (Lipinski definition) is 2. The van der Waals surface area contributed by atoms with Gasteiger partial charge in [0.1, 0.15) is 16.8 Å². The Bertz CT molecular complexity index is 1390. The maximum Gasteiger partial charge on any atom is 0.267 e. The van der Waals surface area contributed by atoms with Gasteiger partial charge in [-0.3, -0.25) is 29.2 Å². The monoisotopic (exact) mass is 509 g/mol. The zero-order chi connectivity index (χ0) is 25.8. The molecular formula is C26H35N7O4. The van der Waals surface area contributed by atoms with E-state index < -0.39 is 0 Å². The fraction of sp³-hybridized carbons (Fsp3) is 0.538. The second-order valence-corrected chi connectivity index (χ2v) is 9.61. The Labute approximate surface area is 215 Å². The van der Waals surface area contributed by atoms with Gasteiger partial charge in [-0.2, -0.15) is 0 Å². The normalized spacial score (nSPS) is 17.4. The zero-order valence-corrected chi connectivity index (χ0v) is 21.4. The third-order valence-electron chi connectivity index (χ3n) is 7.16. The molecule has 2 fully saturated rings. The molecule has 3 aromatic heterocycles. The predicted molar refractivity (Wildman–Crippen MR) is 139 cm³/mol. The smallest absolute Gasteiger partial charge is 0.267 e. The first kappa shape index (κ1) is 25.5. The number of hydrogen-bond acceptors (Lipinski definition) is 8. The number of ether oxygens (including phenoxy) is 2. The third kappa shape index (κ3) is 5.59. The predicted octanol–water partition coefficient (Wildman–Crippen LogP) is 0.221. The van der Waals surface area contributed by atoms with Gasteiger partial charge in [-0.1, -0.05) is 6.07 Å². The molecule has 2 saturated heterocycles. The number of morpholine rings is 2. The molecule has 0 aliphatic carbocycles. The number of pyridine rings is 2. The van der Waals surface area contributed by atoms with E-state index in [0.29, 0.717) is 49.5 Å². The van der Waals surface area contributed by atoms with Crippen molar-refractivity contribution in [1.82, 2.24) is 29.1 Å². The molecule has 11 nitrogen and oxygen atoms in total. The van der Waals surface area contributed by atoms with Crippen LogP contribution < -0.4 is 16.4 Å². The molecule has 5 heterocycles. The molecule has 0 saturated carbocycles. The summed E-state index contributed by atoms with van der Waals surface area (Å²) in [6, 6.07) is 5.25. The van der Waals surface area contributed by atoms with E-state index in [-0.39, 0.29) is 22.5 Å². The largest absolute Gasteiger partial charge is 0.379 e. The van der Waals surface area contributed by atoms with Gasteiger partial charge in [-0.25, -0.2) is 4.98 Å². The highest BCUT2D eigenvalue weighted by Gasteiger charge is 2.19. The molecule has 0 radical (unpaired) electrons. The Balaban J connectivity index is 1.45. The first-order valence-electron chi connectivity index (χ1n) is 13.0. The number of rotatable bonds is 8. The number of carbonyl (C=O) groups is 1. The number of fused-ring (bicyclic) bond motifs is 2. The van der Waals surface area contributed by atoms with Crippen LogP contribution in [0.3, 0.4) is 0 Å². The molecular weight excluding hydrogens is 474 g/mol. The van der Waals surface area contributed by atoms with Crippen molar-refractivity contribution in [3.05, 3.63) is 51.4 Å². The van der Waals surface area contributed by atoms with Crippen molar-refractivity contribution < 1.29 is 14.3 Å². The highest BCUT2D eigenvalue weighted by molar-refractivity contribution is 5.96. The fourth-order valence-corrected chi connectivity index (χ4v) is 4.98. The Morgan fingerprint density at radius 2 is 1.70 bits per heavy atom. The van der Waals surface area contributed by atoms with Crippen LogP contribution >= 0.6 is 0 Å². The Hall–Kier alpha value is -3.12. The van der Waals surface area contributed by atoms with E-state index in [1.54, 1.807) is 10.8 Å². The number of carbonyl (C=O) groups excluding carboxylic acids is 1. The van der Waals surface area contributed by atoms with Gasteiger partial charge in [0, 0.05) is 52.0 Å². The Kier molecular flexibility index (Phi) is 7.94. The average molecular weight is 510 g/mol. The minimum absolute atomic E-state index is 0.0660. The van der Waals surface area contributed by atoms with Crippen molar-refractivity contribution in [3.8, 4) is 0 Å². The summed E-state index contributed by atoms with van der Waals surface area (Å²) >= 11 is 0. The summed E-state index contributed by atoms with van der Waals surface area (Å²) in [5.74, 6) is -0.345. The molecule has 2 N–H and O–H groups in total. The first-order valence-corrected chi connectivity index (χ1v) is 13.0. The second kappa shape index (κ2) is 11.5. The molecule has 0 bridgehead atoms. The highest BCUT2D eigenvalue weighted by atomic mass is 16.5. The minimum atomic E-state index is -0.345. The van der Waals surface area contributed by atoms with Gasteiger partial charge in [-0.05, 0) is 37.6 Å². The van der Waals surface area contributed by atoms with Crippen LogP contribution in [0.5, 0.6) is 0 Å². The van der Waals surface area contributed by atoms with E-state index in [9.17, 15) is 9.59 Å². The van der Waals surface area contributed by atoms with Gasteiger partial charge in [0.2, 0.25) is 0 Å². The van der Waals surface area contributed by atoms with Crippen LogP contribution in [0.4, 0.5) is 0 Å².